The van der Waals surface area contributed by atoms with Crippen molar-refractivity contribution in [2.45, 2.75) is 19.3 Å². The van der Waals surface area contributed by atoms with E-state index in [1.165, 1.54) is 25.9 Å². The first-order valence-corrected chi connectivity index (χ1v) is 6.94. The molecule has 0 unspecified atom stereocenters. The zero-order valence-corrected chi connectivity index (χ0v) is 11.1. The molecule has 0 saturated carbocycles. The highest BCUT2D eigenvalue weighted by molar-refractivity contribution is 5.86. The van der Waals surface area contributed by atoms with E-state index in [1.54, 1.807) is 0 Å². The van der Waals surface area contributed by atoms with E-state index >= 15 is 0 Å². The van der Waals surface area contributed by atoms with Gasteiger partial charge in [0.2, 0.25) is 0 Å². The number of rotatable bonds is 5. The highest BCUT2D eigenvalue weighted by Gasteiger charge is 2.11. The van der Waals surface area contributed by atoms with Crippen LogP contribution in [0.4, 0.5) is 11.7 Å². The van der Waals surface area contributed by atoms with Gasteiger partial charge in [-0.05, 0) is 51.0 Å². The molecule has 1 aliphatic rings. The number of fused-ring (bicyclic) bond motifs is 1. The first-order chi connectivity index (χ1) is 9.33. The zero-order chi connectivity index (χ0) is 13.1. The predicted octanol–water partition coefficient (Wildman–Crippen LogP) is 2.31. The van der Waals surface area contributed by atoms with Crippen molar-refractivity contribution in [1.82, 2.24) is 9.88 Å². The normalized spacial score (nSPS) is 16.2. The van der Waals surface area contributed by atoms with Crippen LogP contribution in [0.5, 0.6) is 0 Å². The van der Waals surface area contributed by atoms with Gasteiger partial charge in [0, 0.05) is 6.54 Å². The Morgan fingerprint density at radius 1 is 1.32 bits per heavy atom. The summed E-state index contributed by atoms with van der Waals surface area (Å²) < 4.78 is 5.61. The van der Waals surface area contributed by atoms with Crippen LogP contribution in [0, 0.1) is 0 Å². The number of para-hydroxylation sites is 1. The number of hydrogen-bond donors (Lipinski definition) is 2. The van der Waals surface area contributed by atoms with Crippen LogP contribution < -0.4 is 11.1 Å². The Kier molecular flexibility index (Phi) is 3.55. The molecule has 5 heteroatoms. The monoisotopic (exact) mass is 260 g/mol. The SMILES string of the molecule is Nc1cccc2oc(NCCCN3CCCC3)nc12. The molecule has 0 aliphatic carbocycles. The highest BCUT2D eigenvalue weighted by Crippen LogP contribution is 2.23. The molecule has 102 valence electrons. The smallest absolute Gasteiger partial charge is 0.295 e. The van der Waals surface area contributed by atoms with Crippen LogP contribution in [0.3, 0.4) is 0 Å². The van der Waals surface area contributed by atoms with Gasteiger partial charge < -0.3 is 20.4 Å². The van der Waals surface area contributed by atoms with Gasteiger partial charge in [-0.2, -0.15) is 4.98 Å². The lowest BCUT2D eigenvalue weighted by molar-refractivity contribution is 0.337. The first-order valence-electron chi connectivity index (χ1n) is 6.94. The second kappa shape index (κ2) is 5.48. The Labute approximate surface area is 112 Å². The fraction of sp³-hybridized carbons (Fsp3) is 0.500. The van der Waals surface area contributed by atoms with Gasteiger partial charge in [-0.3, -0.25) is 0 Å². The Morgan fingerprint density at radius 3 is 2.95 bits per heavy atom. The average Bonchev–Trinajstić information content (AvgIpc) is 3.04. The van der Waals surface area contributed by atoms with E-state index in [1.807, 2.05) is 18.2 Å². The number of nitrogens with two attached hydrogens (primary N) is 1. The number of hydrogen-bond acceptors (Lipinski definition) is 5. The summed E-state index contributed by atoms with van der Waals surface area (Å²) in [7, 11) is 0. The molecule has 5 nitrogen and oxygen atoms in total. The number of nitrogen functional groups attached to an aromatic ring is 1. The quantitative estimate of drug-likeness (QED) is 0.638. The van der Waals surface area contributed by atoms with Gasteiger partial charge in [-0.25, -0.2) is 0 Å². The van der Waals surface area contributed by atoms with E-state index in [4.69, 9.17) is 10.2 Å². The minimum Gasteiger partial charge on any atom is -0.423 e. The molecule has 1 aliphatic heterocycles. The number of benzene rings is 1. The van der Waals surface area contributed by atoms with Crippen LogP contribution in [0.25, 0.3) is 11.1 Å². The van der Waals surface area contributed by atoms with Crippen molar-refractivity contribution >= 4 is 22.8 Å². The fourth-order valence-electron chi connectivity index (χ4n) is 2.55. The summed E-state index contributed by atoms with van der Waals surface area (Å²) in [4.78, 5) is 6.87. The van der Waals surface area contributed by atoms with E-state index in [0.29, 0.717) is 11.7 Å². The number of anilines is 2. The molecule has 3 rings (SSSR count). The molecule has 1 fully saturated rings. The van der Waals surface area contributed by atoms with Crippen molar-refractivity contribution in [3.05, 3.63) is 18.2 Å². The second-order valence-electron chi connectivity index (χ2n) is 5.04. The molecule has 3 N–H and O–H groups in total. The highest BCUT2D eigenvalue weighted by atomic mass is 16.4. The van der Waals surface area contributed by atoms with E-state index in [0.717, 1.165) is 30.6 Å². The molecule has 1 aromatic heterocycles. The van der Waals surface area contributed by atoms with E-state index in [2.05, 4.69) is 15.2 Å². The molecule has 0 bridgehead atoms. The standard InChI is InChI=1S/C14H20N4O/c15-11-5-3-6-12-13(11)17-14(19-12)16-7-4-10-18-8-1-2-9-18/h3,5-6H,1-2,4,7-10,15H2,(H,16,17). The minimum absolute atomic E-state index is 0.564. The molecule has 2 aromatic rings. The molecule has 1 aromatic carbocycles. The van der Waals surface area contributed by atoms with Crippen LogP contribution in [0.1, 0.15) is 19.3 Å². The first kappa shape index (κ1) is 12.3. The van der Waals surface area contributed by atoms with Crippen LogP contribution in [-0.4, -0.2) is 36.1 Å². The third kappa shape index (κ3) is 2.81. The lowest BCUT2D eigenvalue weighted by Crippen LogP contribution is -2.22. The summed E-state index contributed by atoms with van der Waals surface area (Å²) in [5.74, 6) is 0. The molecule has 2 heterocycles. The zero-order valence-electron chi connectivity index (χ0n) is 11.1. The topological polar surface area (TPSA) is 67.3 Å². The minimum atomic E-state index is 0.564. The number of oxazole rings is 1. The summed E-state index contributed by atoms with van der Waals surface area (Å²) >= 11 is 0. The van der Waals surface area contributed by atoms with Gasteiger partial charge in [-0.1, -0.05) is 6.07 Å². The lowest BCUT2D eigenvalue weighted by atomic mass is 10.3. The lowest BCUT2D eigenvalue weighted by Gasteiger charge is -2.13. The molecular formula is C14H20N4O. The van der Waals surface area contributed by atoms with Crippen molar-refractivity contribution in [3.8, 4) is 0 Å². The number of nitrogens with zero attached hydrogens (tertiary/aromatic N) is 2. The fourth-order valence-corrected chi connectivity index (χ4v) is 2.55. The van der Waals surface area contributed by atoms with Crippen LogP contribution in [0.15, 0.2) is 22.6 Å². The summed E-state index contributed by atoms with van der Waals surface area (Å²) in [6.45, 7) is 4.53. The Balaban J connectivity index is 1.52. The summed E-state index contributed by atoms with van der Waals surface area (Å²) in [6.07, 6.45) is 3.80. The largest absolute Gasteiger partial charge is 0.423 e. The molecule has 0 atom stereocenters. The Morgan fingerprint density at radius 2 is 2.16 bits per heavy atom. The van der Waals surface area contributed by atoms with Crippen LogP contribution >= 0.6 is 0 Å². The van der Waals surface area contributed by atoms with Gasteiger partial charge in [0.15, 0.2) is 5.58 Å². The van der Waals surface area contributed by atoms with Crippen LogP contribution in [-0.2, 0) is 0 Å². The van der Waals surface area contributed by atoms with Crippen molar-refractivity contribution in [2.24, 2.45) is 0 Å². The molecule has 1 saturated heterocycles. The van der Waals surface area contributed by atoms with Gasteiger partial charge in [0.05, 0.1) is 5.69 Å². The predicted molar refractivity (Wildman–Crippen MR) is 77.2 cm³/mol. The van der Waals surface area contributed by atoms with Crippen molar-refractivity contribution < 1.29 is 4.42 Å². The van der Waals surface area contributed by atoms with Crippen molar-refractivity contribution in [3.63, 3.8) is 0 Å². The molecular weight excluding hydrogens is 240 g/mol. The maximum absolute atomic E-state index is 5.85. The maximum atomic E-state index is 5.85. The molecule has 0 amide bonds. The van der Waals surface area contributed by atoms with Gasteiger partial charge in [0.25, 0.3) is 6.01 Å². The summed E-state index contributed by atoms with van der Waals surface area (Å²) in [5, 5.41) is 3.23. The Bertz CT molecular complexity index is 545. The van der Waals surface area contributed by atoms with Gasteiger partial charge >= 0.3 is 0 Å². The van der Waals surface area contributed by atoms with E-state index in [9.17, 15) is 0 Å². The third-order valence-electron chi connectivity index (χ3n) is 3.58. The second-order valence-corrected chi connectivity index (χ2v) is 5.04. The van der Waals surface area contributed by atoms with Gasteiger partial charge in [-0.15, -0.1) is 0 Å². The summed E-state index contributed by atoms with van der Waals surface area (Å²) in [6, 6.07) is 6.16. The number of aromatic nitrogens is 1. The Hall–Kier alpha value is -1.75. The van der Waals surface area contributed by atoms with Gasteiger partial charge in [0.1, 0.15) is 5.52 Å². The average molecular weight is 260 g/mol. The molecule has 0 spiro atoms. The van der Waals surface area contributed by atoms with E-state index < -0.39 is 0 Å². The van der Waals surface area contributed by atoms with Crippen molar-refractivity contribution in [2.75, 3.05) is 37.2 Å². The van der Waals surface area contributed by atoms with Crippen molar-refractivity contribution in [1.29, 1.82) is 0 Å². The summed E-state index contributed by atoms with van der Waals surface area (Å²) in [5.41, 5.74) is 7.99. The molecule has 0 radical (unpaired) electrons. The maximum Gasteiger partial charge on any atom is 0.295 e. The van der Waals surface area contributed by atoms with Crippen LogP contribution in [0.2, 0.25) is 0 Å². The molecule has 19 heavy (non-hydrogen) atoms. The number of likely N-dealkylation sites (tertiary alicyclic amines) is 1. The third-order valence-corrected chi connectivity index (χ3v) is 3.58. The number of nitrogens with one attached hydrogen (secondary N) is 1. The van der Waals surface area contributed by atoms with E-state index in [-0.39, 0.29) is 0 Å².